The Bertz CT molecular complexity index is 786. The van der Waals surface area contributed by atoms with Crippen molar-refractivity contribution in [3.63, 3.8) is 0 Å². The maximum Gasteiger partial charge on any atom is 0.266 e. The molecule has 7 heteroatoms. The third-order valence-corrected chi connectivity index (χ3v) is 7.08. The van der Waals surface area contributed by atoms with Crippen LogP contribution in [-0.4, -0.2) is 41.9 Å². The number of unbranched alkanes of at least 4 members (excludes halogenated alkanes) is 9. The molecule has 0 heterocycles. The Morgan fingerprint density at radius 1 is 0.737 bits per heavy atom. The Hall–Kier alpha value is -1.70. The van der Waals surface area contributed by atoms with E-state index in [2.05, 4.69) is 67.8 Å². The van der Waals surface area contributed by atoms with E-state index in [1.54, 1.807) is 0 Å². The van der Waals surface area contributed by atoms with Gasteiger partial charge in [-0.25, -0.2) is 0 Å². The number of aliphatic hydroxyl groups is 1. The van der Waals surface area contributed by atoms with Crippen LogP contribution in [0.3, 0.4) is 0 Å². The van der Waals surface area contributed by atoms with E-state index in [0.29, 0.717) is 12.8 Å². The molecule has 2 unspecified atom stereocenters. The molecule has 0 aliphatic rings. The van der Waals surface area contributed by atoms with Crippen molar-refractivity contribution in [1.82, 2.24) is 5.32 Å². The van der Waals surface area contributed by atoms with Crippen LogP contribution in [-0.2, 0) is 14.9 Å². The number of hydrogen-bond donors (Lipinski definition) is 3. The molecule has 0 aromatic rings. The van der Waals surface area contributed by atoms with Crippen molar-refractivity contribution >= 4 is 16.0 Å². The van der Waals surface area contributed by atoms with Crippen molar-refractivity contribution < 1.29 is 22.9 Å². The summed E-state index contributed by atoms with van der Waals surface area (Å²) in [6.07, 6.45) is 32.1. The summed E-state index contributed by atoms with van der Waals surface area (Å²) in [5, 5.41) is 13.1. The van der Waals surface area contributed by atoms with Crippen LogP contribution in [0.15, 0.2) is 48.6 Å². The van der Waals surface area contributed by atoms with Gasteiger partial charge in [0.05, 0.1) is 17.9 Å². The average Bonchev–Trinajstić information content (AvgIpc) is 2.86. The lowest BCUT2D eigenvalue weighted by molar-refractivity contribution is -0.122. The van der Waals surface area contributed by atoms with Crippen LogP contribution in [0.4, 0.5) is 0 Å². The number of carbonyl (C=O) groups is 1. The Kier molecular flexibility index (Phi) is 24.4. The number of nitrogens with one attached hydrogen (secondary N) is 1. The highest BCUT2D eigenvalue weighted by atomic mass is 32.2. The highest BCUT2D eigenvalue weighted by molar-refractivity contribution is 7.85. The van der Waals surface area contributed by atoms with E-state index in [9.17, 15) is 22.9 Å². The van der Waals surface area contributed by atoms with Crippen molar-refractivity contribution in [1.29, 1.82) is 0 Å². The second-order valence-electron chi connectivity index (χ2n) is 10.0. The van der Waals surface area contributed by atoms with Gasteiger partial charge in [0.1, 0.15) is 0 Å². The fourth-order valence-corrected chi connectivity index (χ4v) is 4.85. The SMILES string of the molecule is CC/C=C\C/C=C\C/C=C\C/C=C\CCCCC(=O)NC(CS(=O)(=O)O)C(O)CCCCCCCCCC. The van der Waals surface area contributed by atoms with Gasteiger partial charge in [-0.2, -0.15) is 8.42 Å². The number of carbonyl (C=O) groups excluding carboxylic acids is 1. The quantitative estimate of drug-likeness (QED) is 0.0613. The normalized spacial score (nSPS) is 14.3. The Morgan fingerprint density at radius 3 is 1.82 bits per heavy atom. The zero-order valence-electron chi connectivity index (χ0n) is 24.0. The first-order chi connectivity index (χ1) is 18.3. The summed E-state index contributed by atoms with van der Waals surface area (Å²) >= 11 is 0. The molecule has 6 nitrogen and oxygen atoms in total. The summed E-state index contributed by atoms with van der Waals surface area (Å²) in [6.45, 7) is 4.32. The second kappa shape index (κ2) is 25.6. The van der Waals surface area contributed by atoms with Gasteiger partial charge in [-0.1, -0.05) is 114 Å². The van der Waals surface area contributed by atoms with Gasteiger partial charge in [-0.05, 0) is 51.4 Å². The van der Waals surface area contributed by atoms with Crippen LogP contribution in [0.5, 0.6) is 0 Å². The van der Waals surface area contributed by atoms with Crippen molar-refractivity contribution in [3.05, 3.63) is 48.6 Å². The maximum absolute atomic E-state index is 12.3. The Labute approximate surface area is 233 Å². The minimum absolute atomic E-state index is 0.264. The lowest BCUT2D eigenvalue weighted by Crippen LogP contribution is -2.47. The Morgan fingerprint density at radius 2 is 1.26 bits per heavy atom. The molecule has 0 aliphatic heterocycles. The third kappa shape index (κ3) is 25.9. The second-order valence-corrected chi connectivity index (χ2v) is 11.5. The summed E-state index contributed by atoms with van der Waals surface area (Å²) in [5.41, 5.74) is 0. The van der Waals surface area contributed by atoms with Gasteiger partial charge in [-0.3, -0.25) is 9.35 Å². The first-order valence-electron chi connectivity index (χ1n) is 14.8. The third-order valence-electron chi connectivity index (χ3n) is 6.30. The molecule has 220 valence electrons. The first kappa shape index (κ1) is 36.3. The molecular formula is C31H55NO5S. The number of allylic oxidation sites excluding steroid dienone is 8. The number of amides is 1. The summed E-state index contributed by atoms with van der Waals surface area (Å²) in [6, 6.07) is -0.989. The van der Waals surface area contributed by atoms with Crippen LogP contribution < -0.4 is 5.32 Å². The Balaban J connectivity index is 4.13. The van der Waals surface area contributed by atoms with Crippen molar-refractivity contribution in [3.8, 4) is 0 Å². The van der Waals surface area contributed by atoms with E-state index in [1.165, 1.54) is 32.1 Å². The summed E-state index contributed by atoms with van der Waals surface area (Å²) in [4.78, 5) is 12.3. The molecule has 3 N–H and O–H groups in total. The summed E-state index contributed by atoms with van der Waals surface area (Å²) in [7, 11) is -4.31. The predicted octanol–water partition coefficient (Wildman–Crippen LogP) is 7.62. The molecule has 0 fully saturated rings. The summed E-state index contributed by atoms with van der Waals surface area (Å²) < 4.78 is 32.1. The van der Waals surface area contributed by atoms with Crippen molar-refractivity contribution in [2.75, 3.05) is 5.75 Å². The van der Waals surface area contributed by atoms with E-state index in [-0.39, 0.29) is 12.3 Å². The molecule has 0 aromatic heterocycles. The highest BCUT2D eigenvalue weighted by Gasteiger charge is 2.25. The highest BCUT2D eigenvalue weighted by Crippen LogP contribution is 2.13. The first-order valence-corrected chi connectivity index (χ1v) is 16.4. The van der Waals surface area contributed by atoms with Crippen LogP contribution in [0.2, 0.25) is 0 Å². The molecule has 38 heavy (non-hydrogen) atoms. The largest absolute Gasteiger partial charge is 0.391 e. The topological polar surface area (TPSA) is 104 Å². The zero-order valence-corrected chi connectivity index (χ0v) is 24.8. The van der Waals surface area contributed by atoms with Crippen LogP contribution in [0, 0.1) is 0 Å². The van der Waals surface area contributed by atoms with E-state index < -0.39 is 28.0 Å². The lowest BCUT2D eigenvalue weighted by atomic mass is 10.0. The van der Waals surface area contributed by atoms with Gasteiger partial charge in [-0.15, -0.1) is 0 Å². The maximum atomic E-state index is 12.3. The average molecular weight is 554 g/mol. The minimum Gasteiger partial charge on any atom is -0.391 e. The van der Waals surface area contributed by atoms with E-state index in [4.69, 9.17) is 0 Å². The van der Waals surface area contributed by atoms with Gasteiger partial charge in [0.2, 0.25) is 5.91 Å². The molecule has 0 radical (unpaired) electrons. The number of hydrogen-bond acceptors (Lipinski definition) is 4. The molecule has 1 amide bonds. The molecule has 0 aromatic carbocycles. The fraction of sp³-hybridized carbons (Fsp3) is 0.710. The van der Waals surface area contributed by atoms with Crippen LogP contribution in [0.1, 0.15) is 123 Å². The molecule has 2 atom stereocenters. The minimum atomic E-state index is -4.31. The lowest BCUT2D eigenvalue weighted by Gasteiger charge is -2.23. The fourth-order valence-electron chi connectivity index (χ4n) is 4.09. The molecular weight excluding hydrogens is 498 g/mol. The molecule has 0 saturated heterocycles. The molecule has 0 aliphatic carbocycles. The molecule has 0 rings (SSSR count). The van der Waals surface area contributed by atoms with Gasteiger partial charge >= 0.3 is 0 Å². The van der Waals surface area contributed by atoms with E-state index >= 15 is 0 Å². The number of aliphatic hydroxyl groups excluding tert-OH is 1. The van der Waals surface area contributed by atoms with Crippen molar-refractivity contribution in [2.45, 2.75) is 135 Å². The van der Waals surface area contributed by atoms with Gasteiger partial charge in [0.25, 0.3) is 10.1 Å². The molecule has 0 bridgehead atoms. The zero-order chi connectivity index (χ0) is 28.3. The van der Waals surface area contributed by atoms with E-state index in [1.807, 2.05) is 0 Å². The number of rotatable bonds is 25. The van der Waals surface area contributed by atoms with Gasteiger partial charge in [0.15, 0.2) is 0 Å². The molecule has 0 saturated carbocycles. The summed E-state index contributed by atoms with van der Waals surface area (Å²) in [5.74, 6) is -0.961. The molecule has 0 spiro atoms. The monoisotopic (exact) mass is 553 g/mol. The van der Waals surface area contributed by atoms with Gasteiger partial charge in [0, 0.05) is 6.42 Å². The predicted molar refractivity (Wildman–Crippen MR) is 161 cm³/mol. The van der Waals surface area contributed by atoms with Crippen LogP contribution in [0.25, 0.3) is 0 Å². The van der Waals surface area contributed by atoms with Crippen LogP contribution >= 0.6 is 0 Å². The standard InChI is InChI=1S/C31H55NO5S/c1-3-5-7-9-11-13-14-15-16-17-18-19-21-23-25-27-31(34)32-29(28-38(35,36)37)30(33)26-24-22-20-12-10-8-6-4-2/h5,7,11,13,15-16,18-19,29-30,33H,3-4,6,8-10,12,14,17,20-28H2,1-2H3,(H,32,34)(H,35,36,37)/b7-5-,13-11-,16-15-,19-18-. The van der Waals surface area contributed by atoms with Crippen molar-refractivity contribution in [2.24, 2.45) is 0 Å². The van der Waals surface area contributed by atoms with E-state index in [0.717, 1.165) is 57.8 Å². The smallest absolute Gasteiger partial charge is 0.266 e. The van der Waals surface area contributed by atoms with Gasteiger partial charge < -0.3 is 10.4 Å².